The SMILES string of the molecule is CCCCCCCCC/C=C\CCCCCCCCCCOCC(COP(=O)(O)OC1C(O)C(O)C(O)C(O)C1O)OC(=O)CCCCCCCCCCCCCCCCCCCCCCCC. The molecule has 13 heteroatoms. The number of unbranched alkanes of at least 4 members (excludes halogenated alkanes) is 36. The lowest BCUT2D eigenvalue weighted by atomic mass is 9.85. The van der Waals surface area contributed by atoms with Crippen LogP contribution >= 0.6 is 7.82 Å². The van der Waals surface area contributed by atoms with E-state index < -0.39 is 63.1 Å². The lowest BCUT2D eigenvalue weighted by molar-refractivity contribution is -0.220. The molecule has 1 fully saturated rings. The molecule has 404 valence electrons. The van der Waals surface area contributed by atoms with E-state index in [9.17, 15) is 39.8 Å². The summed E-state index contributed by atoms with van der Waals surface area (Å²) < 4.78 is 34.4. The topological polar surface area (TPSA) is 192 Å². The quantitative estimate of drug-likeness (QED) is 0.0146. The molecule has 0 heterocycles. The van der Waals surface area contributed by atoms with E-state index in [4.69, 9.17) is 18.5 Å². The Hall–Kier alpha value is -0.920. The zero-order chi connectivity index (χ0) is 49.8. The molecule has 0 aliphatic heterocycles. The van der Waals surface area contributed by atoms with Crippen molar-refractivity contribution < 1.29 is 58.3 Å². The van der Waals surface area contributed by atoms with E-state index in [2.05, 4.69) is 26.0 Å². The Balaban J connectivity index is 2.28. The maximum atomic E-state index is 12.9. The average molecular weight is 991 g/mol. The number of esters is 1. The van der Waals surface area contributed by atoms with Crippen LogP contribution in [0.4, 0.5) is 0 Å². The molecular weight excluding hydrogens is 884 g/mol. The Bertz CT molecular complexity index is 1180. The van der Waals surface area contributed by atoms with E-state index in [-0.39, 0.29) is 13.0 Å². The molecule has 1 aliphatic rings. The van der Waals surface area contributed by atoms with Crippen LogP contribution in [0, 0.1) is 0 Å². The van der Waals surface area contributed by atoms with Crippen LogP contribution in [-0.2, 0) is 27.9 Å². The summed E-state index contributed by atoms with van der Waals surface area (Å²) in [6.45, 7) is 4.32. The molecule has 0 amide bonds. The van der Waals surface area contributed by atoms with Gasteiger partial charge >= 0.3 is 13.8 Å². The fourth-order valence-corrected chi connectivity index (χ4v) is 10.1. The molecule has 1 saturated carbocycles. The molecule has 0 aromatic carbocycles. The van der Waals surface area contributed by atoms with Crippen molar-refractivity contribution in [1.82, 2.24) is 0 Å². The van der Waals surface area contributed by atoms with Gasteiger partial charge in [0.2, 0.25) is 0 Å². The van der Waals surface area contributed by atoms with Crippen molar-refractivity contribution in [3.63, 3.8) is 0 Å². The largest absolute Gasteiger partial charge is 0.472 e. The Morgan fingerprint density at radius 2 is 0.779 bits per heavy atom. The fourth-order valence-electron chi connectivity index (χ4n) is 9.12. The van der Waals surface area contributed by atoms with Crippen LogP contribution in [0.1, 0.15) is 271 Å². The van der Waals surface area contributed by atoms with Gasteiger partial charge in [0, 0.05) is 13.0 Å². The molecule has 0 bridgehead atoms. The second-order valence-electron chi connectivity index (χ2n) is 20.1. The van der Waals surface area contributed by atoms with Crippen molar-refractivity contribution in [2.45, 2.75) is 313 Å². The predicted octanol–water partition coefficient (Wildman–Crippen LogP) is 13.4. The average Bonchev–Trinajstić information content (AvgIpc) is 3.32. The van der Waals surface area contributed by atoms with E-state index >= 15 is 0 Å². The van der Waals surface area contributed by atoms with Gasteiger partial charge in [-0.1, -0.05) is 238 Å². The third kappa shape index (κ3) is 36.9. The molecule has 68 heavy (non-hydrogen) atoms. The minimum Gasteiger partial charge on any atom is -0.457 e. The van der Waals surface area contributed by atoms with Crippen molar-refractivity contribution >= 4 is 13.8 Å². The van der Waals surface area contributed by atoms with Gasteiger partial charge in [-0.2, -0.15) is 0 Å². The van der Waals surface area contributed by atoms with Crippen LogP contribution in [-0.4, -0.2) is 98.9 Å². The molecule has 12 nitrogen and oxygen atoms in total. The smallest absolute Gasteiger partial charge is 0.457 e. The standard InChI is InChI=1S/C55H107O12P/c1-3-5-7-9-11-13-15-17-19-21-23-24-25-26-28-30-32-34-36-38-40-42-44-49(56)66-48(47-65-68(62,63)67-55-53(60)51(58)50(57)52(59)54(55)61)46-64-45-43-41-39-37-35-33-31-29-27-22-20-18-16-14-12-10-8-6-4-2/h20,22,48,50-55,57-61H,3-19,21,23-47H2,1-2H3,(H,62,63)/b22-20-. The summed E-state index contributed by atoms with van der Waals surface area (Å²) in [6.07, 6.45) is 41.4. The van der Waals surface area contributed by atoms with Crippen LogP contribution in [0.5, 0.6) is 0 Å². The van der Waals surface area contributed by atoms with Gasteiger partial charge in [-0.05, 0) is 38.5 Å². The molecule has 0 aromatic heterocycles. The monoisotopic (exact) mass is 991 g/mol. The number of hydrogen-bond donors (Lipinski definition) is 6. The summed E-state index contributed by atoms with van der Waals surface area (Å²) in [6, 6.07) is 0. The van der Waals surface area contributed by atoms with Gasteiger partial charge in [0.25, 0.3) is 0 Å². The maximum Gasteiger partial charge on any atom is 0.472 e. The van der Waals surface area contributed by atoms with Crippen LogP contribution in [0.2, 0.25) is 0 Å². The van der Waals surface area contributed by atoms with Gasteiger partial charge in [0.05, 0.1) is 13.2 Å². The van der Waals surface area contributed by atoms with Crippen molar-refractivity contribution in [3.8, 4) is 0 Å². The number of ether oxygens (including phenoxy) is 2. The summed E-state index contributed by atoms with van der Waals surface area (Å²) in [5.41, 5.74) is 0. The third-order valence-corrected chi connectivity index (χ3v) is 14.6. The second kappa shape index (κ2) is 45.9. The van der Waals surface area contributed by atoms with Crippen molar-refractivity contribution in [2.75, 3.05) is 19.8 Å². The fraction of sp³-hybridized carbons (Fsp3) is 0.945. The zero-order valence-corrected chi connectivity index (χ0v) is 44.6. The molecule has 0 spiro atoms. The highest BCUT2D eigenvalue weighted by Gasteiger charge is 2.51. The van der Waals surface area contributed by atoms with Gasteiger partial charge in [0.1, 0.15) is 42.7 Å². The number of phosphoric ester groups is 1. The first-order valence-electron chi connectivity index (χ1n) is 28.5. The van der Waals surface area contributed by atoms with Gasteiger partial charge in [0.15, 0.2) is 0 Å². The molecular formula is C55H107O12P. The Morgan fingerprint density at radius 3 is 1.16 bits per heavy atom. The number of hydrogen-bond acceptors (Lipinski definition) is 11. The Kier molecular flexibility index (Phi) is 43.9. The normalized spacial score (nSPS) is 21.1. The first-order valence-corrected chi connectivity index (χ1v) is 30.0. The highest BCUT2D eigenvalue weighted by molar-refractivity contribution is 7.47. The first-order chi connectivity index (χ1) is 33.0. The van der Waals surface area contributed by atoms with E-state index in [0.29, 0.717) is 13.0 Å². The van der Waals surface area contributed by atoms with Gasteiger partial charge in [-0.3, -0.25) is 13.8 Å². The first kappa shape index (κ1) is 65.1. The lowest BCUT2D eigenvalue weighted by Crippen LogP contribution is -2.64. The predicted molar refractivity (Wildman–Crippen MR) is 277 cm³/mol. The van der Waals surface area contributed by atoms with Crippen molar-refractivity contribution in [2.24, 2.45) is 0 Å². The number of rotatable bonds is 50. The van der Waals surface area contributed by atoms with Crippen LogP contribution in [0.25, 0.3) is 0 Å². The van der Waals surface area contributed by atoms with E-state index in [1.165, 1.54) is 205 Å². The Morgan fingerprint density at radius 1 is 0.456 bits per heavy atom. The highest BCUT2D eigenvalue weighted by atomic mass is 31.2. The second-order valence-corrected chi connectivity index (χ2v) is 21.6. The third-order valence-electron chi connectivity index (χ3n) is 13.6. The zero-order valence-electron chi connectivity index (χ0n) is 43.7. The molecule has 0 radical (unpaired) electrons. The molecule has 0 aromatic rings. The van der Waals surface area contributed by atoms with E-state index in [0.717, 1.165) is 38.5 Å². The number of carbonyl (C=O) groups is 1. The molecule has 6 atom stereocenters. The molecule has 1 aliphatic carbocycles. The lowest BCUT2D eigenvalue weighted by Gasteiger charge is -2.41. The minimum atomic E-state index is -5.02. The molecule has 0 saturated heterocycles. The summed E-state index contributed by atoms with van der Waals surface area (Å²) >= 11 is 0. The Labute approximate surface area is 416 Å². The number of aliphatic hydroxyl groups excluding tert-OH is 5. The minimum absolute atomic E-state index is 0.0725. The number of carbonyl (C=O) groups excluding carboxylic acids is 1. The van der Waals surface area contributed by atoms with Gasteiger partial charge in [-0.15, -0.1) is 0 Å². The van der Waals surface area contributed by atoms with Crippen LogP contribution in [0.15, 0.2) is 12.2 Å². The summed E-state index contributed by atoms with van der Waals surface area (Å²) in [4.78, 5) is 23.3. The maximum absolute atomic E-state index is 12.9. The van der Waals surface area contributed by atoms with Crippen molar-refractivity contribution in [1.29, 1.82) is 0 Å². The number of allylic oxidation sites excluding steroid dienone is 2. The number of aliphatic hydroxyl groups is 5. The molecule has 6 unspecified atom stereocenters. The summed E-state index contributed by atoms with van der Waals surface area (Å²) in [7, 11) is -5.02. The number of phosphoric acid groups is 1. The molecule has 1 rings (SSSR count). The summed E-state index contributed by atoms with van der Waals surface area (Å²) in [5.74, 6) is -0.470. The van der Waals surface area contributed by atoms with E-state index in [1.54, 1.807) is 0 Å². The van der Waals surface area contributed by atoms with Crippen LogP contribution < -0.4 is 0 Å². The van der Waals surface area contributed by atoms with Gasteiger partial charge in [-0.25, -0.2) is 4.57 Å². The summed E-state index contributed by atoms with van der Waals surface area (Å²) in [5, 5.41) is 50.4. The molecule has 6 N–H and O–H groups in total. The van der Waals surface area contributed by atoms with Gasteiger partial charge < -0.3 is 39.9 Å². The highest BCUT2D eigenvalue weighted by Crippen LogP contribution is 2.47. The van der Waals surface area contributed by atoms with E-state index in [1.807, 2.05) is 0 Å². The van der Waals surface area contributed by atoms with Crippen molar-refractivity contribution in [3.05, 3.63) is 12.2 Å². The van der Waals surface area contributed by atoms with Crippen LogP contribution in [0.3, 0.4) is 0 Å².